The Hall–Kier alpha value is -3.68. The van der Waals surface area contributed by atoms with Gasteiger partial charge in [0.2, 0.25) is 0 Å². The zero-order valence-corrected chi connectivity index (χ0v) is 18.6. The van der Waals surface area contributed by atoms with Gasteiger partial charge >= 0.3 is 11.9 Å². The van der Waals surface area contributed by atoms with Crippen molar-refractivity contribution in [3.63, 3.8) is 0 Å². The van der Waals surface area contributed by atoms with Crippen LogP contribution < -0.4 is 11.1 Å². The Kier molecular flexibility index (Phi) is 10.6. The van der Waals surface area contributed by atoms with E-state index in [-0.39, 0.29) is 11.7 Å². The molecule has 0 heterocycles. The molecule has 5 N–H and O–H groups in total. The molecule has 0 amide bonds. The van der Waals surface area contributed by atoms with Crippen molar-refractivity contribution >= 4 is 11.9 Å². The molecule has 0 spiro atoms. The summed E-state index contributed by atoms with van der Waals surface area (Å²) in [5, 5.41) is 21.5. The Morgan fingerprint density at radius 1 is 0.848 bits per heavy atom. The van der Waals surface area contributed by atoms with Crippen molar-refractivity contribution in [2.24, 2.45) is 5.73 Å². The van der Waals surface area contributed by atoms with Gasteiger partial charge in [0.1, 0.15) is 17.8 Å². The fraction of sp³-hybridized carbons (Fsp3) is 0.231. The molecule has 2 atom stereocenters. The van der Waals surface area contributed by atoms with Crippen LogP contribution in [0.15, 0.2) is 84.9 Å². The van der Waals surface area contributed by atoms with Gasteiger partial charge in [-0.25, -0.2) is 0 Å². The van der Waals surface area contributed by atoms with Crippen molar-refractivity contribution in [1.82, 2.24) is 5.32 Å². The standard InChI is InChI=1S/C16H17NO3.C10H13NO2/c18-14-8-6-12(7-9-14)10-15(16(19)20)17-11-13-4-2-1-3-5-13;1-13-10(12)9(11)7-8-5-3-2-4-6-8/h1-9,15,17-18H,10-11H2,(H,19,20);2-6,9H,7,11H2,1H3. The minimum atomic E-state index is -0.881. The molecule has 0 aliphatic heterocycles. The highest BCUT2D eigenvalue weighted by atomic mass is 16.5. The van der Waals surface area contributed by atoms with E-state index in [4.69, 9.17) is 5.73 Å². The third kappa shape index (κ3) is 9.55. The van der Waals surface area contributed by atoms with Crippen molar-refractivity contribution < 1.29 is 24.5 Å². The van der Waals surface area contributed by atoms with Crippen LogP contribution in [-0.2, 0) is 33.7 Å². The predicted octanol–water partition coefficient (Wildman–Crippen LogP) is 2.91. The molecule has 33 heavy (non-hydrogen) atoms. The molecule has 0 saturated heterocycles. The molecule has 0 aliphatic carbocycles. The number of carboxylic acids is 1. The maximum atomic E-state index is 11.3. The number of carbonyl (C=O) groups excluding carboxylic acids is 1. The van der Waals surface area contributed by atoms with Crippen LogP contribution in [-0.4, -0.2) is 41.3 Å². The topological polar surface area (TPSA) is 122 Å². The van der Waals surface area contributed by atoms with E-state index in [1.807, 2.05) is 60.7 Å². The van der Waals surface area contributed by atoms with E-state index >= 15 is 0 Å². The number of aliphatic carboxylic acids is 1. The van der Waals surface area contributed by atoms with Crippen molar-refractivity contribution in [3.8, 4) is 5.75 Å². The summed E-state index contributed by atoms with van der Waals surface area (Å²) >= 11 is 0. The quantitative estimate of drug-likeness (QED) is 0.370. The van der Waals surface area contributed by atoms with E-state index in [2.05, 4.69) is 10.1 Å². The lowest BCUT2D eigenvalue weighted by Gasteiger charge is -2.14. The lowest BCUT2D eigenvalue weighted by atomic mass is 10.1. The second-order valence-electron chi connectivity index (χ2n) is 7.45. The number of nitrogens with one attached hydrogen (secondary N) is 1. The number of hydrogen-bond acceptors (Lipinski definition) is 6. The number of esters is 1. The summed E-state index contributed by atoms with van der Waals surface area (Å²) in [6.45, 7) is 0.510. The fourth-order valence-corrected chi connectivity index (χ4v) is 3.05. The van der Waals surface area contributed by atoms with Gasteiger partial charge in [0, 0.05) is 6.54 Å². The zero-order valence-electron chi connectivity index (χ0n) is 18.6. The Morgan fingerprint density at radius 2 is 1.36 bits per heavy atom. The van der Waals surface area contributed by atoms with Crippen LogP contribution in [0.1, 0.15) is 16.7 Å². The molecule has 7 nitrogen and oxygen atoms in total. The molecule has 3 aromatic rings. The second-order valence-corrected chi connectivity index (χ2v) is 7.45. The molecule has 0 radical (unpaired) electrons. The van der Waals surface area contributed by atoms with Gasteiger partial charge in [-0.15, -0.1) is 0 Å². The molecular formula is C26H30N2O5. The minimum Gasteiger partial charge on any atom is -0.508 e. The first-order valence-electron chi connectivity index (χ1n) is 10.5. The monoisotopic (exact) mass is 450 g/mol. The third-order valence-corrected chi connectivity index (χ3v) is 4.87. The van der Waals surface area contributed by atoms with Gasteiger partial charge in [0.15, 0.2) is 0 Å². The molecule has 3 aromatic carbocycles. The van der Waals surface area contributed by atoms with Gasteiger partial charge in [-0.05, 0) is 41.7 Å². The van der Waals surface area contributed by atoms with E-state index in [0.29, 0.717) is 19.4 Å². The van der Waals surface area contributed by atoms with Gasteiger partial charge in [-0.2, -0.15) is 0 Å². The van der Waals surface area contributed by atoms with Gasteiger partial charge < -0.3 is 26.0 Å². The zero-order chi connectivity index (χ0) is 24.1. The second kappa shape index (κ2) is 13.7. The number of benzene rings is 3. The van der Waals surface area contributed by atoms with Crippen LogP contribution in [0.3, 0.4) is 0 Å². The SMILES string of the molecule is COC(=O)C(N)Cc1ccccc1.O=C(O)C(Cc1ccc(O)cc1)NCc1ccccc1. The van der Waals surface area contributed by atoms with Crippen LogP contribution >= 0.6 is 0 Å². The lowest BCUT2D eigenvalue weighted by Crippen LogP contribution is -2.38. The summed E-state index contributed by atoms with van der Waals surface area (Å²) in [5.41, 5.74) is 8.54. The molecule has 0 aromatic heterocycles. The van der Waals surface area contributed by atoms with Crippen molar-refractivity contribution in [2.45, 2.75) is 31.5 Å². The number of ether oxygens (including phenoxy) is 1. The highest BCUT2D eigenvalue weighted by Gasteiger charge is 2.17. The number of carbonyl (C=O) groups is 2. The van der Waals surface area contributed by atoms with Gasteiger partial charge in [0.05, 0.1) is 7.11 Å². The van der Waals surface area contributed by atoms with Crippen LogP contribution in [0.25, 0.3) is 0 Å². The number of nitrogens with two attached hydrogens (primary N) is 1. The average Bonchev–Trinajstić information content (AvgIpc) is 2.84. The first-order valence-corrected chi connectivity index (χ1v) is 10.5. The number of methoxy groups -OCH3 is 1. The molecule has 0 bridgehead atoms. The Bertz CT molecular complexity index is 979. The highest BCUT2D eigenvalue weighted by Crippen LogP contribution is 2.12. The Labute approximate surface area is 193 Å². The summed E-state index contributed by atoms with van der Waals surface area (Å²) in [6, 6.07) is 24.7. The molecule has 0 saturated carbocycles. The summed E-state index contributed by atoms with van der Waals surface area (Å²) in [6.07, 6.45) is 0.899. The van der Waals surface area contributed by atoms with E-state index in [9.17, 15) is 19.8 Å². The molecule has 0 fully saturated rings. The molecule has 7 heteroatoms. The summed E-state index contributed by atoms with van der Waals surface area (Å²) in [7, 11) is 1.34. The molecule has 3 rings (SSSR count). The highest BCUT2D eigenvalue weighted by molar-refractivity contribution is 5.75. The van der Waals surface area contributed by atoms with Crippen LogP contribution in [0.2, 0.25) is 0 Å². The Morgan fingerprint density at radius 3 is 1.88 bits per heavy atom. The fourth-order valence-electron chi connectivity index (χ4n) is 3.05. The summed E-state index contributed by atoms with van der Waals surface area (Å²) in [4.78, 5) is 22.2. The number of phenolic OH excluding ortho intramolecular Hbond substituents is 1. The van der Waals surface area contributed by atoms with Crippen LogP contribution in [0, 0.1) is 0 Å². The average molecular weight is 451 g/mol. The van der Waals surface area contributed by atoms with Gasteiger partial charge in [-0.1, -0.05) is 72.8 Å². The first-order chi connectivity index (χ1) is 15.9. The number of rotatable bonds is 9. The number of hydrogen-bond donors (Lipinski definition) is 4. The van der Waals surface area contributed by atoms with Crippen molar-refractivity contribution in [2.75, 3.05) is 7.11 Å². The third-order valence-electron chi connectivity index (χ3n) is 4.87. The van der Waals surface area contributed by atoms with Crippen molar-refractivity contribution in [3.05, 3.63) is 102 Å². The minimum absolute atomic E-state index is 0.179. The maximum absolute atomic E-state index is 11.3. The van der Waals surface area contributed by atoms with E-state index in [1.165, 1.54) is 7.11 Å². The number of carboxylic acid groups (broad SMARTS) is 1. The predicted molar refractivity (Wildman–Crippen MR) is 127 cm³/mol. The number of aromatic hydroxyl groups is 1. The van der Waals surface area contributed by atoms with Gasteiger partial charge in [0.25, 0.3) is 0 Å². The summed E-state index contributed by atoms with van der Waals surface area (Å²) < 4.78 is 4.52. The van der Waals surface area contributed by atoms with E-state index in [0.717, 1.165) is 16.7 Å². The molecular weight excluding hydrogens is 420 g/mol. The van der Waals surface area contributed by atoms with E-state index < -0.39 is 18.1 Å². The first kappa shape index (κ1) is 25.6. The van der Waals surface area contributed by atoms with Crippen LogP contribution in [0.4, 0.5) is 0 Å². The summed E-state index contributed by atoms with van der Waals surface area (Å²) in [5.74, 6) is -1.07. The maximum Gasteiger partial charge on any atom is 0.322 e. The Balaban J connectivity index is 0.000000257. The number of phenols is 1. The smallest absolute Gasteiger partial charge is 0.322 e. The normalized spacial score (nSPS) is 12.1. The lowest BCUT2D eigenvalue weighted by molar-refractivity contribution is -0.142. The van der Waals surface area contributed by atoms with E-state index in [1.54, 1.807) is 24.3 Å². The molecule has 2 unspecified atom stereocenters. The largest absolute Gasteiger partial charge is 0.508 e. The molecule has 174 valence electrons. The van der Waals surface area contributed by atoms with Crippen molar-refractivity contribution in [1.29, 1.82) is 0 Å². The molecule has 0 aliphatic rings. The van der Waals surface area contributed by atoms with Crippen LogP contribution in [0.5, 0.6) is 5.75 Å². The van der Waals surface area contributed by atoms with Gasteiger partial charge in [-0.3, -0.25) is 9.59 Å².